The number of carboxylic acids is 1. The van der Waals surface area contributed by atoms with Crippen molar-refractivity contribution in [1.82, 2.24) is 5.32 Å². The SMILES string of the molecule is CS(=O)(=O)CCC(NC(=O)CCc1ccco1)C(=O)O. The first-order valence-electron chi connectivity index (χ1n) is 6.00. The molecule has 0 aliphatic heterocycles. The highest BCUT2D eigenvalue weighted by molar-refractivity contribution is 7.90. The Balaban J connectivity index is 2.44. The number of carbonyl (C=O) groups is 2. The Morgan fingerprint density at radius 2 is 2.15 bits per heavy atom. The number of amides is 1. The van der Waals surface area contributed by atoms with Gasteiger partial charge in [0.25, 0.3) is 0 Å². The van der Waals surface area contributed by atoms with E-state index in [0.717, 1.165) is 6.26 Å². The van der Waals surface area contributed by atoms with Crippen molar-refractivity contribution in [2.24, 2.45) is 0 Å². The second-order valence-corrected chi connectivity index (χ2v) is 6.72. The molecule has 0 aliphatic rings. The Morgan fingerprint density at radius 3 is 2.65 bits per heavy atom. The third-order valence-electron chi connectivity index (χ3n) is 2.59. The number of aryl methyl sites for hydroxylation is 1. The molecule has 20 heavy (non-hydrogen) atoms. The molecule has 1 aromatic rings. The molecular formula is C12H17NO6S. The van der Waals surface area contributed by atoms with Crippen LogP contribution in [-0.2, 0) is 25.8 Å². The second kappa shape index (κ2) is 7.09. The summed E-state index contributed by atoms with van der Waals surface area (Å²) in [6.07, 6.45) is 2.79. The highest BCUT2D eigenvalue weighted by Gasteiger charge is 2.21. The summed E-state index contributed by atoms with van der Waals surface area (Å²) in [5.74, 6) is -1.37. The van der Waals surface area contributed by atoms with E-state index in [0.29, 0.717) is 12.2 Å². The van der Waals surface area contributed by atoms with E-state index < -0.39 is 27.8 Å². The standard InChI is InChI=1S/C12H17NO6S/c1-20(17,18)8-6-10(12(15)16)13-11(14)5-4-9-3-2-7-19-9/h2-3,7,10H,4-6,8H2,1H3,(H,13,14)(H,15,16). The summed E-state index contributed by atoms with van der Waals surface area (Å²) in [5, 5.41) is 11.2. The first kappa shape index (κ1) is 16.2. The van der Waals surface area contributed by atoms with Gasteiger partial charge in [0.05, 0.1) is 12.0 Å². The molecular weight excluding hydrogens is 286 g/mol. The van der Waals surface area contributed by atoms with Crippen LogP contribution in [0.3, 0.4) is 0 Å². The van der Waals surface area contributed by atoms with Crippen molar-refractivity contribution in [3.8, 4) is 0 Å². The topological polar surface area (TPSA) is 114 Å². The number of rotatable bonds is 8. The maximum Gasteiger partial charge on any atom is 0.326 e. The molecule has 1 amide bonds. The molecule has 1 rings (SSSR count). The van der Waals surface area contributed by atoms with Crippen LogP contribution in [0.4, 0.5) is 0 Å². The predicted molar refractivity (Wildman–Crippen MR) is 70.9 cm³/mol. The molecule has 0 aromatic carbocycles. The zero-order chi connectivity index (χ0) is 15.2. The molecule has 0 saturated carbocycles. The van der Waals surface area contributed by atoms with Gasteiger partial charge in [0.15, 0.2) is 0 Å². The van der Waals surface area contributed by atoms with E-state index in [1.165, 1.54) is 6.26 Å². The molecule has 0 fully saturated rings. The lowest BCUT2D eigenvalue weighted by molar-refractivity contribution is -0.141. The summed E-state index contributed by atoms with van der Waals surface area (Å²) in [5.41, 5.74) is 0. The zero-order valence-electron chi connectivity index (χ0n) is 11.0. The molecule has 0 bridgehead atoms. The predicted octanol–water partition coefficient (Wildman–Crippen LogP) is 0.216. The minimum Gasteiger partial charge on any atom is -0.480 e. The van der Waals surface area contributed by atoms with Crippen LogP contribution in [0.1, 0.15) is 18.6 Å². The van der Waals surface area contributed by atoms with Crippen LogP contribution in [0.15, 0.2) is 22.8 Å². The molecule has 112 valence electrons. The van der Waals surface area contributed by atoms with E-state index >= 15 is 0 Å². The number of carbonyl (C=O) groups excluding carboxylic acids is 1. The van der Waals surface area contributed by atoms with Gasteiger partial charge in [-0.05, 0) is 18.6 Å². The molecule has 1 heterocycles. The van der Waals surface area contributed by atoms with Crippen molar-refractivity contribution in [3.63, 3.8) is 0 Å². The van der Waals surface area contributed by atoms with Gasteiger partial charge in [-0.1, -0.05) is 0 Å². The van der Waals surface area contributed by atoms with Crippen LogP contribution in [-0.4, -0.2) is 43.5 Å². The van der Waals surface area contributed by atoms with E-state index in [4.69, 9.17) is 9.52 Å². The normalized spacial score (nSPS) is 12.8. The first-order chi connectivity index (χ1) is 9.28. The maximum atomic E-state index is 11.6. The molecule has 1 aromatic heterocycles. The third kappa shape index (κ3) is 6.37. The Morgan fingerprint density at radius 1 is 1.45 bits per heavy atom. The first-order valence-corrected chi connectivity index (χ1v) is 8.06. The quantitative estimate of drug-likeness (QED) is 0.710. The zero-order valence-corrected chi connectivity index (χ0v) is 11.9. The maximum absolute atomic E-state index is 11.6. The average molecular weight is 303 g/mol. The molecule has 7 nitrogen and oxygen atoms in total. The summed E-state index contributed by atoms with van der Waals surface area (Å²) < 4.78 is 27.1. The van der Waals surface area contributed by atoms with Gasteiger partial charge in [-0.2, -0.15) is 0 Å². The molecule has 0 aliphatic carbocycles. The minimum absolute atomic E-state index is 0.0795. The molecule has 2 N–H and O–H groups in total. The number of furan rings is 1. The van der Waals surface area contributed by atoms with E-state index in [1.807, 2.05) is 0 Å². The highest BCUT2D eigenvalue weighted by Crippen LogP contribution is 2.04. The van der Waals surface area contributed by atoms with Crippen molar-refractivity contribution < 1.29 is 27.5 Å². The van der Waals surface area contributed by atoms with Crippen molar-refractivity contribution in [1.29, 1.82) is 0 Å². The molecule has 0 saturated heterocycles. The Kier molecular flexibility index (Phi) is 5.75. The fraction of sp³-hybridized carbons (Fsp3) is 0.500. The van der Waals surface area contributed by atoms with Gasteiger partial charge in [0, 0.05) is 19.1 Å². The van der Waals surface area contributed by atoms with Crippen LogP contribution in [0.5, 0.6) is 0 Å². The lowest BCUT2D eigenvalue weighted by Crippen LogP contribution is -2.42. The van der Waals surface area contributed by atoms with Gasteiger partial charge in [-0.3, -0.25) is 4.79 Å². The van der Waals surface area contributed by atoms with Crippen molar-refractivity contribution in [3.05, 3.63) is 24.2 Å². The average Bonchev–Trinajstić information content (AvgIpc) is 2.83. The number of hydrogen-bond acceptors (Lipinski definition) is 5. The van der Waals surface area contributed by atoms with Gasteiger partial charge >= 0.3 is 5.97 Å². The van der Waals surface area contributed by atoms with Crippen molar-refractivity contribution in [2.45, 2.75) is 25.3 Å². The van der Waals surface area contributed by atoms with Gasteiger partial charge in [-0.25, -0.2) is 13.2 Å². The summed E-state index contributed by atoms with van der Waals surface area (Å²) >= 11 is 0. The van der Waals surface area contributed by atoms with Crippen LogP contribution < -0.4 is 5.32 Å². The van der Waals surface area contributed by atoms with E-state index in [9.17, 15) is 18.0 Å². The molecule has 1 unspecified atom stereocenters. The second-order valence-electron chi connectivity index (χ2n) is 4.46. The summed E-state index contributed by atoms with van der Waals surface area (Å²) in [6.45, 7) is 0. The number of nitrogens with one attached hydrogen (secondary N) is 1. The summed E-state index contributed by atoms with van der Waals surface area (Å²) in [7, 11) is -3.27. The highest BCUT2D eigenvalue weighted by atomic mass is 32.2. The molecule has 1 atom stereocenters. The largest absolute Gasteiger partial charge is 0.480 e. The minimum atomic E-state index is -3.27. The Bertz CT molecular complexity index is 549. The molecule has 0 spiro atoms. The molecule has 0 radical (unpaired) electrons. The lowest BCUT2D eigenvalue weighted by atomic mass is 10.2. The monoisotopic (exact) mass is 303 g/mol. The number of hydrogen-bond donors (Lipinski definition) is 2. The number of carboxylic acid groups (broad SMARTS) is 1. The van der Waals surface area contributed by atoms with E-state index in [2.05, 4.69) is 5.32 Å². The van der Waals surface area contributed by atoms with E-state index in [1.54, 1.807) is 12.1 Å². The van der Waals surface area contributed by atoms with Crippen LogP contribution in [0, 0.1) is 0 Å². The van der Waals surface area contributed by atoms with Crippen molar-refractivity contribution in [2.75, 3.05) is 12.0 Å². The number of aliphatic carboxylic acids is 1. The smallest absolute Gasteiger partial charge is 0.326 e. The van der Waals surface area contributed by atoms with Gasteiger partial charge < -0.3 is 14.8 Å². The lowest BCUT2D eigenvalue weighted by Gasteiger charge is -2.13. The fourth-order valence-electron chi connectivity index (χ4n) is 1.55. The van der Waals surface area contributed by atoms with Crippen LogP contribution in [0.25, 0.3) is 0 Å². The van der Waals surface area contributed by atoms with Gasteiger partial charge in [0.2, 0.25) is 5.91 Å². The fourth-order valence-corrected chi connectivity index (χ4v) is 2.21. The van der Waals surface area contributed by atoms with Gasteiger partial charge in [-0.15, -0.1) is 0 Å². The van der Waals surface area contributed by atoms with Crippen LogP contribution >= 0.6 is 0 Å². The number of sulfone groups is 1. The summed E-state index contributed by atoms with van der Waals surface area (Å²) in [6, 6.07) is 2.21. The Labute approximate surface area is 116 Å². The van der Waals surface area contributed by atoms with Crippen molar-refractivity contribution >= 4 is 21.7 Å². The summed E-state index contributed by atoms with van der Waals surface area (Å²) in [4.78, 5) is 22.6. The van der Waals surface area contributed by atoms with Gasteiger partial charge in [0.1, 0.15) is 21.6 Å². The Hall–Kier alpha value is -1.83. The third-order valence-corrected chi connectivity index (χ3v) is 3.57. The molecule has 8 heteroatoms. The van der Waals surface area contributed by atoms with E-state index in [-0.39, 0.29) is 18.6 Å². The van der Waals surface area contributed by atoms with Crippen LogP contribution in [0.2, 0.25) is 0 Å².